The van der Waals surface area contributed by atoms with Crippen molar-refractivity contribution in [3.05, 3.63) is 65.2 Å². The molecule has 1 saturated heterocycles. The van der Waals surface area contributed by atoms with Crippen LogP contribution in [0.3, 0.4) is 0 Å². The van der Waals surface area contributed by atoms with Crippen molar-refractivity contribution < 1.29 is 18.0 Å². The Morgan fingerprint density at radius 3 is 2.21 bits per heavy atom. The lowest BCUT2D eigenvalue weighted by Gasteiger charge is -2.17. The summed E-state index contributed by atoms with van der Waals surface area (Å²) in [6, 6.07) is 12.5. The zero-order chi connectivity index (χ0) is 19.4. The van der Waals surface area contributed by atoms with Gasteiger partial charge in [0, 0.05) is 31.4 Å². The van der Waals surface area contributed by atoms with Gasteiger partial charge in [0.25, 0.3) is 0 Å². The van der Waals surface area contributed by atoms with Gasteiger partial charge in [-0.15, -0.1) is 24.8 Å². The van der Waals surface area contributed by atoms with Crippen molar-refractivity contribution in [2.45, 2.75) is 31.6 Å². The molecule has 0 aromatic heterocycles. The predicted molar refractivity (Wildman–Crippen MR) is 112 cm³/mol. The molecule has 1 aliphatic heterocycles. The van der Waals surface area contributed by atoms with Gasteiger partial charge in [-0.2, -0.15) is 13.2 Å². The van der Waals surface area contributed by atoms with Crippen molar-refractivity contribution in [2.24, 2.45) is 0 Å². The quantitative estimate of drug-likeness (QED) is 0.676. The molecule has 2 aromatic rings. The first-order valence-corrected chi connectivity index (χ1v) is 8.82. The first-order chi connectivity index (χ1) is 12.8. The van der Waals surface area contributed by atoms with Crippen molar-refractivity contribution in [2.75, 3.05) is 18.8 Å². The second-order valence-corrected chi connectivity index (χ2v) is 6.90. The summed E-state index contributed by atoms with van der Waals surface area (Å²) in [6.45, 7) is 2.06. The third kappa shape index (κ3) is 7.42. The number of carbonyl (C=O) groups is 1. The SMILES string of the molecule is Cl.Cl.Nc1ccc(CC(=O)NC2CCN(Cc3ccc(C(F)(F)F)cc3)C2)cc1. The molecule has 1 unspecified atom stereocenters. The molecule has 9 heteroatoms. The smallest absolute Gasteiger partial charge is 0.399 e. The van der Waals surface area contributed by atoms with Crippen LogP contribution in [0.1, 0.15) is 23.1 Å². The zero-order valence-corrected chi connectivity index (χ0v) is 17.2. The van der Waals surface area contributed by atoms with E-state index in [0.717, 1.165) is 36.2 Å². The minimum Gasteiger partial charge on any atom is -0.399 e. The lowest BCUT2D eigenvalue weighted by Crippen LogP contribution is -2.37. The van der Waals surface area contributed by atoms with E-state index in [1.54, 1.807) is 12.1 Å². The van der Waals surface area contributed by atoms with Gasteiger partial charge in [0.15, 0.2) is 0 Å². The highest BCUT2D eigenvalue weighted by atomic mass is 35.5. The van der Waals surface area contributed by atoms with Crippen LogP contribution >= 0.6 is 24.8 Å². The van der Waals surface area contributed by atoms with Crippen LogP contribution in [0, 0.1) is 0 Å². The normalized spacial score (nSPS) is 16.6. The maximum atomic E-state index is 12.6. The number of nitrogens with zero attached hydrogens (tertiary/aromatic N) is 1. The Balaban J connectivity index is 0.00000210. The number of hydrogen-bond donors (Lipinski definition) is 2. The molecule has 3 rings (SSSR count). The number of alkyl halides is 3. The number of nitrogen functional groups attached to an aromatic ring is 1. The van der Waals surface area contributed by atoms with E-state index >= 15 is 0 Å². The third-order valence-electron chi connectivity index (χ3n) is 4.67. The van der Waals surface area contributed by atoms with E-state index in [0.29, 0.717) is 25.2 Å². The van der Waals surface area contributed by atoms with Crippen molar-refractivity contribution >= 4 is 36.4 Å². The van der Waals surface area contributed by atoms with Gasteiger partial charge in [-0.3, -0.25) is 9.69 Å². The number of nitrogens with two attached hydrogens (primary N) is 1. The summed E-state index contributed by atoms with van der Waals surface area (Å²) in [6.07, 6.45) is -3.18. The molecule has 160 valence electrons. The van der Waals surface area contributed by atoms with Crippen LogP contribution in [0.5, 0.6) is 0 Å². The highest BCUT2D eigenvalue weighted by Gasteiger charge is 2.30. The van der Waals surface area contributed by atoms with Crippen LogP contribution in [0.15, 0.2) is 48.5 Å². The lowest BCUT2D eigenvalue weighted by atomic mass is 10.1. The predicted octanol–water partition coefficient (Wildman–Crippen LogP) is 4.06. The van der Waals surface area contributed by atoms with Crippen LogP contribution in [-0.2, 0) is 23.9 Å². The molecule has 0 bridgehead atoms. The molecule has 0 radical (unpaired) electrons. The molecular weight excluding hydrogens is 426 g/mol. The number of nitrogens with one attached hydrogen (secondary N) is 1. The van der Waals surface area contributed by atoms with E-state index in [-0.39, 0.29) is 36.8 Å². The molecule has 1 heterocycles. The Kier molecular flexibility index (Phi) is 9.26. The summed E-state index contributed by atoms with van der Waals surface area (Å²) in [7, 11) is 0. The van der Waals surface area contributed by atoms with E-state index < -0.39 is 11.7 Å². The summed E-state index contributed by atoms with van der Waals surface area (Å²) < 4.78 is 37.8. The first kappa shape index (κ1) is 25.1. The van der Waals surface area contributed by atoms with Crippen molar-refractivity contribution in [3.63, 3.8) is 0 Å². The summed E-state index contributed by atoms with van der Waals surface area (Å²) in [4.78, 5) is 14.3. The minimum atomic E-state index is -4.31. The number of benzene rings is 2. The Morgan fingerprint density at radius 2 is 1.62 bits per heavy atom. The van der Waals surface area contributed by atoms with Gasteiger partial charge in [0.1, 0.15) is 0 Å². The number of anilines is 1. The molecule has 29 heavy (non-hydrogen) atoms. The molecule has 1 atom stereocenters. The molecule has 3 N–H and O–H groups in total. The van der Waals surface area contributed by atoms with Crippen LogP contribution in [0.4, 0.5) is 18.9 Å². The number of likely N-dealkylation sites (tertiary alicyclic amines) is 1. The Hall–Kier alpha value is -1.96. The number of hydrogen-bond acceptors (Lipinski definition) is 3. The fourth-order valence-corrected chi connectivity index (χ4v) is 3.25. The molecular formula is C20H24Cl2F3N3O. The fraction of sp³-hybridized carbons (Fsp3) is 0.350. The van der Waals surface area contributed by atoms with Gasteiger partial charge in [-0.1, -0.05) is 24.3 Å². The van der Waals surface area contributed by atoms with Crippen molar-refractivity contribution in [1.29, 1.82) is 0 Å². The van der Waals surface area contributed by atoms with Gasteiger partial charge >= 0.3 is 6.18 Å². The summed E-state index contributed by atoms with van der Waals surface area (Å²) in [5.41, 5.74) is 7.39. The van der Waals surface area contributed by atoms with Gasteiger partial charge in [0.2, 0.25) is 5.91 Å². The van der Waals surface area contributed by atoms with E-state index in [2.05, 4.69) is 10.2 Å². The molecule has 1 fully saturated rings. The standard InChI is InChI=1S/C20H22F3N3O.2ClH/c21-20(22,23)16-5-1-15(2-6-16)12-26-10-9-18(13-26)25-19(27)11-14-3-7-17(24)8-4-14;;/h1-8,18H,9-13,24H2,(H,25,27);2*1H. The van der Waals surface area contributed by atoms with Crippen molar-refractivity contribution in [1.82, 2.24) is 10.2 Å². The third-order valence-corrected chi connectivity index (χ3v) is 4.67. The highest BCUT2D eigenvalue weighted by Crippen LogP contribution is 2.29. The average molecular weight is 450 g/mol. The zero-order valence-electron chi connectivity index (χ0n) is 15.6. The van der Waals surface area contributed by atoms with Gasteiger partial charge in [0.05, 0.1) is 12.0 Å². The second-order valence-electron chi connectivity index (χ2n) is 6.90. The second kappa shape index (κ2) is 10.7. The lowest BCUT2D eigenvalue weighted by molar-refractivity contribution is -0.137. The monoisotopic (exact) mass is 449 g/mol. The highest BCUT2D eigenvalue weighted by molar-refractivity contribution is 5.85. The number of carbonyl (C=O) groups excluding carboxylic acids is 1. The Bertz CT molecular complexity index is 783. The summed E-state index contributed by atoms with van der Waals surface area (Å²) in [5.74, 6) is -0.0406. The maximum Gasteiger partial charge on any atom is 0.416 e. The summed E-state index contributed by atoms with van der Waals surface area (Å²) >= 11 is 0. The number of halogens is 5. The molecule has 1 amide bonds. The van der Waals surface area contributed by atoms with Gasteiger partial charge in [-0.25, -0.2) is 0 Å². The van der Waals surface area contributed by atoms with E-state index in [1.165, 1.54) is 12.1 Å². The van der Waals surface area contributed by atoms with Crippen molar-refractivity contribution in [3.8, 4) is 0 Å². The van der Waals surface area contributed by atoms with E-state index in [9.17, 15) is 18.0 Å². The number of rotatable bonds is 5. The van der Waals surface area contributed by atoms with E-state index in [1.807, 2.05) is 12.1 Å². The number of amides is 1. The van der Waals surface area contributed by atoms with E-state index in [4.69, 9.17) is 5.73 Å². The van der Waals surface area contributed by atoms with Gasteiger partial charge < -0.3 is 11.1 Å². The average Bonchev–Trinajstić information content (AvgIpc) is 3.03. The molecule has 0 aliphatic carbocycles. The minimum absolute atomic E-state index is 0. The Morgan fingerprint density at radius 1 is 1.03 bits per heavy atom. The fourth-order valence-electron chi connectivity index (χ4n) is 3.25. The molecule has 0 saturated carbocycles. The van der Waals surface area contributed by atoms with Crippen LogP contribution in [0.25, 0.3) is 0 Å². The molecule has 2 aromatic carbocycles. The summed E-state index contributed by atoms with van der Waals surface area (Å²) in [5, 5.41) is 3.03. The van der Waals surface area contributed by atoms with Crippen LogP contribution < -0.4 is 11.1 Å². The topological polar surface area (TPSA) is 58.4 Å². The van der Waals surface area contributed by atoms with Gasteiger partial charge in [-0.05, 0) is 41.8 Å². The Labute approximate surface area is 180 Å². The largest absolute Gasteiger partial charge is 0.416 e. The van der Waals surface area contributed by atoms with Crippen LogP contribution in [-0.4, -0.2) is 29.9 Å². The maximum absolute atomic E-state index is 12.6. The molecule has 0 spiro atoms. The van der Waals surface area contributed by atoms with Crippen LogP contribution in [0.2, 0.25) is 0 Å². The molecule has 1 aliphatic rings. The molecule has 4 nitrogen and oxygen atoms in total. The first-order valence-electron chi connectivity index (χ1n) is 8.82.